The Hall–Kier alpha value is -2.28. The molecule has 1 aliphatic heterocycles. The molecule has 7 nitrogen and oxygen atoms in total. The number of nitrogens with one attached hydrogen (secondary N) is 1. The highest BCUT2D eigenvalue weighted by molar-refractivity contribution is 5.76. The van der Waals surface area contributed by atoms with Gasteiger partial charge in [-0.05, 0) is 47.7 Å². The van der Waals surface area contributed by atoms with E-state index in [0.717, 1.165) is 25.1 Å². The average molecular weight is 341 g/mol. The standard InChI is InChI=1S/C18H23N5O2/c24-17(19-13-18-10-4-5-14(11-18)12-25-18)9-8-16-20-21-22-23(16)15-6-2-1-3-7-15/h1-3,6-7,14H,4-5,8-13H2,(H,19,24). The Morgan fingerprint density at radius 2 is 2.24 bits per heavy atom. The van der Waals surface area contributed by atoms with Gasteiger partial charge in [0.2, 0.25) is 5.91 Å². The van der Waals surface area contributed by atoms with Crippen molar-refractivity contribution in [1.29, 1.82) is 0 Å². The summed E-state index contributed by atoms with van der Waals surface area (Å²) >= 11 is 0. The number of rotatable bonds is 6. The fraction of sp³-hybridized carbons (Fsp3) is 0.556. The van der Waals surface area contributed by atoms with Crippen LogP contribution in [0.4, 0.5) is 0 Å². The Bertz CT molecular complexity index is 728. The number of tetrazole rings is 1. The van der Waals surface area contributed by atoms with E-state index in [1.165, 1.54) is 12.8 Å². The summed E-state index contributed by atoms with van der Waals surface area (Å²) < 4.78 is 7.67. The summed E-state index contributed by atoms with van der Waals surface area (Å²) in [7, 11) is 0. The molecule has 1 amide bonds. The van der Waals surface area contributed by atoms with Crippen LogP contribution in [0.25, 0.3) is 5.69 Å². The third kappa shape index (κ3) is 3.56. The van der Waals surface area contributed by atoms with Gasteiger partial charge in [0, 0.05) is 19.4 Å². The van der Waals surface area contributed by atoms with Crippen LogP contribution in [0, 0.1) is 5.92 Å². The van der Waals surface area contributed by atoms with Crippen LogP contribution in [0.15, 0.2) is 30.3 Å². The molecule has 4 rings (SSSR count). The molecule has 2 bridgehead atoms. The van der Waals surface area contributed by atoms with E-state index in [2.05, 4.69) is 20.8 Å². The average Bonchev–Trinajstić information content (AvgIpc) is 3.23. The van der Waals surface area contributed by atoms with Gasteiger partial charge in [-0.15, -0.1) is 5.10 Å². The van der Waals surface area contributed by atoms with Crippen molar-refractivity contribution in [2.75, 3.05) is 13.2 Å². The molecule has 0 spiro atoms. The van der Waals surface area contributed by atoms with Crippen LogP contribution < -0.4 is 5.32 Å². The van der Waals surface area contributed by atoms with E-state index < -0.39 is 0 Å². The predicted octanol–water partition coefficient (Wildman–Crippen LogP) is 1.67. The second-order valence-corrected chi connectivity index (χ2v) is 7.08. The first kappa shape index (κ1) is 16.2. The molecule has 2 heterocycles. The number of carbonyl (C=O) groups is 1. The highest BCUT2D eigenvalue weighted by atomic mass is 16.5. The van der Waals surface area contributed by atoms with Crippen LogP contribution in [0.1, 0.15) is 37.9 Å². The van der Waals surface area contributed by atoms with Gasteiger partial charge in [0.05, 0.1) is 17.9 Å². The van der Waals surface area contributed by atoms with Crippen molar-refractivity contribution in [3.63, 3.8) is 0 Å². The quantitative estimate of drug-likeness (QED) is 0.864. The largest absolute Gasteiger partial charge is 0.373 e. The fourth-order valence-electron chi connectivity index (χ4n) is 3.93. The lowest BCUT2D eigenvalue weighted by Gasteiger charge is -2.31. The van der Waals surface area contributed by atoms with Crippen molar-refractivity contribution in [3.8, 4) is 5.69 Å². The van der Waals surface area contributed by atoms with Crippen LogP contribution in [0.2, 0.25) is 0 Å². The van der Waals surface area contributed by atoms with Crippen LogP contribution in [-0.2, 0) is 16.0 Å². The zero-order chi connectivity index (χ0) is 17.1. The van der Waals surface area contributed by atoms with Crippen LogP contribution >= 0.6 is 0 Å². The Balaban J connectivity index is 1.30. The predicted molar refractivity (Wildman–Crippen MR) is 91.1 cm³/mol. The van der Waals surface area contributed by atoms with Crippen LogP contribution in [0.5, 0.6) is 0 Å². The minimum Gasteiger partial charge on any atom is -0.373 e. The van der Waals surface area contributed by atoms with E-state index in [9.17, 15) is 4.79 Å². The van der Waals surface area contributed by atoms with E-state index in [-0.39, 0.29) is 11.5 Å². The minimum atomic E-state index is -0.121. The Labute approximate surface area is 146 Å². The summed E-state index contributed by atoms with van der Waals surface area (Å²) in [5.41, 5.74) is 0.777. The molecule has 2 aromatic rings. The van der Waals surface area contributed by atoms with Gasteiger partial charge in [0.15, 0.2) is 5.82 Å². The molecule has 2 unspecified atom stereocenters. The first-order valence-electron chi connectivity index (χ1n) is 8.97. The molecule has 2 fully saturated rings. The molecule has 1 saturated carbocycles. The zero-order valence-electron chi connectivity index (χ0n) is 14.2. The van der Waals surface area contributed by atoms with Crippen molar-refractivity contribution >= 4 is 5.91 Å². The lowest BCUT2D eigenvalue weighted by atomic mass is 9.81. The van der Waals surface area contributed by atoms with E-state index in [0.29, 0.717) is 31.1 Å². The second kappa shape index (κ2) is 6.92. The number of fused-ring (bicyclic) bond motifs is 2. The molecule has 132 valence electrons. The summed E-state index contributed by atoms with van der Waals surface area (Å²) in [6.45, 7) is 1.47. The van der Waals surface area contributed by atoms with Gasteiger partial charge in [-0.1, -0.05) is 24.6 Å². The summed E-state index contributed by atoms with van der Waals surface area (Å²) in [4.78, 5) is 12.3. The Morgan fingerprint density at radius 3 is 3.12 bits per heavy atom. The summed E-state index contributed by atoms with van der Waals surface area (Å²) in [6.07, 6.45) is 5.47. The molecule has 1 aliphatic carbocycles. The molecule has 25 heavy (non-hydrogen) atoms. The van der Waals surface area contributed by atoms with Gasteiger partial charge >= 0.3 is 0 Å². The van der Waals surface area contributed by atoms with Crippen molar-refractivity contribution in [2.45, 2.75) is 44.1 Å². The summed E-state index contributed by atoms with van der Waals surface area (Å²) in [5, 5.41) is 14.9. The molecule has 2 atom stereocenters. The molecule has 1 aromatic heterocycles. The van der Waals surface area contributed by atoms with E-state index in [1.54, 1.807) is 4.68 Å². The number of aromatic nitrogens is 4. The molecule has 1 aromatic carbocycles. The lowest BCUT2D eigenvalue weighted by Crippen LogP contribution is -2.43. The number of aryl methyl sites for hydroxylation is 1. The van der Waals surface area contributed by atoms with Gasteiger partial charge in [0.25, 0.3) is 0 Å². The zero-order valence-corrected chi connectivity index (χ0v) is 14.2. The normalized spacial score (nSPS) is 25.0. The van der Waals surface area contributed by atoms with Crippen LogP contribution in [0.3, 0.4) is 0 Å². The number of hydrogen-bond donors (Lipinski definition) is 1. The van der Waals surface area contributed by atoms with Crippen LogP contribution in [-0.4, -0.2) is 44.9 Å². The number of amides is 1. The van der Waals surface area contributed by atoms with Crippen molar-refractivity contribution in [1.82, 2.24) is 25.5 Å². The maximum Gasteiger partial charge on any atom is 0.220 e. The van der Waals surface area contributed by atoms with E-state index in [1.807, 2.05) is 30.3 Å². The Morgan fingerprint density at radius 1 is 1.36 bits per heavy atom. The SMILES string of the molecule is O=C(CCc1nnnn1-c1ccccc1)NCC12CCCC(CO1)C2. The van der Waals surface area contributed by atoms with Gasteiger partial charge in [-0.2, -0.15) is 4.68 Å². The molecular formula is C18H23N5O2. The fourth-order valence-corrected chi connectivity index (χ4v) is 3.93. The number of nitrogens with zero attached hydrogens (tertiary/aromatic N) is 4. The van der Waals surface area contributed by atoms with Gasteiger partial charge < -0.3 is 10.1 Å². The maximum atomic E-state index is 12.3. The number of carbonyl (C=O) groups excluding carboxylic acids is 1. The summed E-state index contributed by atoms with van der Waals surface area (Å²) in [6, 6.07) is 9.70. The molecule has 1 N–H and O–H groups in total. The maximum absolute atomic E-state index is 12.3. The van der Waals surface area contributed by atoms with Crippen molar-refractivity contribution in [3.05, 3.63) is 36.2 Å². The van der Waals surface area contributed by atoms with Gasteiger partial charge in [-0.3, -0.25) is 4.79 Å². The number of ether oxygens (including phenoxy) is 1. The first-order valence-corrected chi connectivity index (χ1v) is 8.97. The topological polar surface area (TPSA) is 81.9 Å². The monoisotopic (exact) mass is 341 g/mol. The number of hydrogen-bond acceptors (Lipinski definition) is 5. The van der Waals surface area contributed by atoms with Gasteiger partial charge in [-0.25, -0.2) is 0 Å². The highest BCUT2D eigenvalue weighted by Gasteiger charge is 2.43. The van der Waals surface area contributed by atoms with E-state index >= 15 is 0 Å². The lowest BCUT2D eigenvalue weighted by molar-refractivity contribution is -0.122. The summed E-state index contributed by atoms with van der Waals surface area (Å²) in [5.74, 6) is 1.39. The smallest absolute Gasteiger partial charge is 0.220 e. The highest BCUT2D eigenvalue weighted by Crippen LogP contribution is 2.41. The molecule has 1 saturated heterocycles. The van der Waals surface area contributed by atoms with Crippen molar-refractivity contribution in [2.24, 2.45) is 5.92 Å². The minimum absolute atomic E-state index is 0.0228. The third-order valence-corrected chi connectivity index (χ3v) is 5.25. The van der Waals surface area contributed by atoms with Gasteiger partial charge in [0.1, 0.15) is 0 Å². The van der Waals surface area contributed by atoms with E-state index in [4.69, 9.17) is 4.74 Å². The number of benzene rings is 1. The molecule has 2 aliphatic rings. The van der Waals surface area contributed by atoms with Crippen molar-refractivity contribution < 1.29 is 9.53 Å². The molecular weight excluding hydrogens is 318 g/mol. The molecule has 0 radical (unpaired) electrons. The third-order valence-electron chi connectivity index (χ3n) is 5.25. The second-order valence-electron chi connectivity index (χ2n) is 7.08. The Kier molecular flexibility index (Phi) is 4.48. The number of para-hydroxylation sites is 1. The molecule has 7 heteroatoms. The first-order chi connectivity index (χ1) is 12.2.